The maximum absolute atomic E-state index is 13.8. The number of rotatable bonds is 4. The second kappa shape index (κ2) is 6.93. The molecule has 2 aromatic rings. The number of hydrogen-bond acceptors (Lipinski definition) is 1. The maximum Gasteiger partial charge on any atom is 0.254 e. The molecule has 2 rings (SSSR count). The van der Waals surface area contributed by atoms with E-state index in [1.165, 1.54) is 23.3 Å². The molecule has 0 aliphatic heterocycles. The summed E-state index contributed by atoms with van der Waals surface area (Å²) >= 11 is 5.71. The Hall–Kier alpha value is -1.87. The number of carbonyl (C=O) groups is 1. The van der Waals surface area contributed by atoms with Gasteiger partial charge >= 0.3 is 0 Å². The van der Waals surface area contributed by atoms with Gasteiger partial charge in [0.15, 0.2) is 0 Å². The molecule has 116 valence electrons. The molecule has 1 N–H and O–H groups in total. The van der Waals surface area contributed by atoms with Crippen LogP contribution in [-0.4, -0.2) is 5.91 Å². The highest BCUT2D eigenvalue weighted by atomic mass is 35.5. The zero-order valence-corrected chi connectivity index (χ0v) is 13.7. The van der Waals surface area contributed by atoms with Crippen LogP contribution in [-0.2, 0) is 0 Å². The quantitative estimate of drug-likeness (QED) is 0.846. The van der Waals surface area contributed by atoms with Crippen LogP contribution in [0.15, 0.2) is 36.4 Å². The average molecular weight is 320 g/mol. The lowest BCUT2D eigenvalue weighted by molar-refractivity contribution is 0.0931. The van der Waals surface area contributed by atoms with Crippen LogP contribution in [0, 0.1) is 19.7 Å². The van der Waals surface area contributed by atoms with E-state index in [-0.39, 0.29) is 16.6 Å². The Morgan fingerprint density at radius 1 is 1.18 bits per heavy atom. The summed E-state index contributed by atoms with van der Waals surface area (Å²) in [6.45, 7) is 6.06. The van der Waals surface area contributed by atoms with E-state index in [1.54, 1.807) is 0 Å². The van der Waals surface area contributed by atoms with Gasteiger partial charge in [0.2, 0.25) is 0 Å². The number of nitrogens with one attached hydrogen (secondary N) is 1. The number of benzene rings is 2. The smallest absolute Gasteiger partial charge is 0.254 e. The van der Waals surface area contributed by atoms with Crippen LogP contribution in [0.25, 0.3) is 0 Å². The van der Waals surface area contributed by atoms with E-state index in [2.05, 4.69) is 11.4 Å². The molecule has 2 aromatic carbocycles. The number of halogens is 2. The number of aryl methyl sites for hydroxylation is 2. The van der Waals surface area contributed by atoms with E-state index in [0.29, 0.717) is 0 Å². The first-order chi connectivity index (χ1) is 10.4. The molecule has 0 spiro atoms. The van der Waals surface area contributed by atoms with Crippen LogP contribution in [0.2, 0.25) is 5.02 Å². The van der Waals surface area contributed by atoms with Crippen molar-refractivity contribution >= 4 is 17.5 Å². The fourth-order valence-electron chi connectivity index (χ4n) is 2.31. The molecule has 2 nitrogen and oxygen atoms in total. The highest BCUT2D eigenvalue weighted by Crippen LogP contribution is 2.21. The summed E-state index contributed by atoms with van der Waals surface area (Å²) in [5, 5.41) is 3.16. The normalized spacial score (nSPS) is 12.0. The molecule has 1 amide bonds. The van der Waals surface area contributed by atoms with Crippen molar-refractivity contribution in [2.24, 2.45) is 0 Å². The van der Waals surface area contributed by atoms with Crippen LogP contribution in [0.5, 0.6) is 0 Å². The van der Waals surface area contributed by atoms with Gasteiger partial charge in [-0.15, -0.1) is 0 Å². The minimum Gasteiger partial charge on any atom is -0.345 e. The summed E-state index contributed by atoms with van der Waals surface area (Å²) < 4.78 is 13.8. The van der Waals surface area contributed by atoms with Gasteiger partial charge in [-0.05, 0) is 55.2 Å². The van der Waals surface area contributed by atoms with Crippen LogP contribution in [0.4, 0.5) is 4.39 Å². The second-order valence-corrected chi connectivity index (χ2v) is 5.84. The van der Waals surface area contributed by atoms with E-state index in [0.717, 1.165) is 18.1 Å². The van der Waals surface area contributed by atoms with Gasteiger partial charge in [-0.1, -0.05) is 36.7 Å². The Labute approximate surface area is 135 Å². The van der Waals surface area contributed by atoms with Gasteiger partial charge in [0.05, 0.1) is 11.6 Å². The fourth-order valence-corrected chi connectivity index (χ4v) is 2.47. The van der Waals surface area contributed by atoms with Gasteiger partial charge in [-0.25, -0.2) is 4.39 Å². The SMILES string of the molecule is CCC(NC(=O)c1ccc(Cl)cc1F)c1ccc(C)c(C)c1. The molecule has 0 radical (unpaired) electrons. The van der Waals surface area contributed by atoms with Gasteiger partial charge < -0.3 is 5.32 Å². The van der Waals surface area contributed by atoms with Crippen LogP contribution in [0.1, 0.15) is 46.4 Å². The molecule has 0 aliphatic rings. The van der Waals surface area contributed by atoms with Gasteiger partial charge in [0, 0.05) is 5.02 Å². The van der Waals surface area contributed by atoms with E-state index < -0.39 is 11.7 Å². The summed E-state index contributed by atoms with van der Waals surface area (Å²) in [6, 6.07) is 9.99. The Balaban J connectivity index is 2.22. The summed E-state index contributed by atoms with van der Waals surface area (Å²) in [4.78, 5) is 12.3. The third-order valence-corrected chi connectivity index (χ3v) is 4.06. The molecule has 0 aromatic heterocycles. The first kappa shape index (κ1) is 16.5. The summed E-state index contributed by atoms with van der Waals surface area (Å²) in [6.07, 6.45) is 0.726. The van der Waals surface area contributed by atoms with E-state index in [1.807, 2.05) is 32.9 Å². The molecule has 4 heteroatoms. The Bertz CT molecular complexity index is 699. The molecule has 0 saturated heterocycles. The molecular weight excluding hydrogens is 301 g/mol. The van der Waals surface area contributed by atoms with Gasteiger partial charge in [-0.3, -0.25) is 4.79 Å². The minimum absolute atomic E-state index is 0.00619. The van der Waals surface area contributed by atoms with E-state index in [9.17, 15) is 9.18 Å². The maximum atomic E-state index is 13.8. The van der Waals surface area contributed by atoms with Crippen molar-refractivity contribution in [1.82, 2.24) is 5.32 Å². The molecule has 0 bridgehead atoms. The standard InChI is InChI=1S/C18H19ClFNO/c1-4-17(13-6-5-11(2)12(3)9-13)21-18(22)15-8-7-14(19)10-16(15)20/h5-10,17H,4H2,1-3H3,(H,21,22). The molecule has 0 fully saturated rings. The zero-order chi connectivity index (χ0) is 16.3. The Morgan fingerprint density at radius 2 is 1.91 bits per heavy atom. The molecule has 1 atom stereocenters. The van der Waals surface area contributed by atoms with Crippen molar-refractivity contribution < 1.29 is 9.18 Å². The van der Waals surface area contributed by atoms with Crippen molar-refractivity contribution in [2.75, 3.05) is 0 Å². The fraction of sp³-hybridized carbons (Fsp3) is 0.278. The highest BCUT2D eigenvalue weighted by molar-refractivity contribution is 6.30. The van der Waals surface area contributed by atoms with E-state index in [4.69, 9.17) is 11.6 Å². The lowest BCUT2D eigenvalue weighted by Crippen LogP contribution is -2.29. The first-order valence-electron chi connectivity index (χ1n) is 7.25. The van der Waals surface area contributed by atoms with Crippen molar-refractivity contribution in [1.29, 1.82) is 0 Å². The van der Waals surface area contributed by atoms with Gasteiger partial charge in [0.25, 0.3) is 5.91 Å². The number of hydrogen-bond donors (Lipinski definition) is 1. The number of amides is 1. The van der Waals surface area contributed by atoms with Crippen LogP contribution in [0.3, 0.4) is 0 Å². The Morgan fingerprint density at radius 3 is 2.50 bits per heavy atom. The Kier molecular flexibility index (Phi) is 5.19. The third-order valence-electron chi connectivity index (χ3n) is 3.82. The second-order valence-electron chi connectivity index (χ2n) is 5.40. The molecule has 1 unspecified atom stereocenters. The van der Waals surface area contributed by atoms with Crippen molar-refractivity contribution in [3.8, 4) is 0 Å². The molecule has 22 heavy (non-hydrogen) atoms. The first-order valence-corrected chi connectivity index (χ1v) is 7.63. The summed E-state index contributed by atoms with van der Waals surface area (Å²) in [5.41, 5.74) is 3.40. The molecule has 0 saturated carbocycles. The average Bonchev–Trinajstić information content (AvgIpc) is 2.47. The lowest BCUT2D eigenvalue weighted by Gasteiger charge is -2.19. The van der Waals surface area contributed by atoms with Gasteiger partial charge in [-0.2, -0.15) is 0 Å². The predicted octanol–water partition coefficient (Wildman–Crippen LogP) is 4.98. The van der Waals surface area contributed by atoms with E-state index >= 15 is 0 Å². The van der Waals surface area contributed by atoms with Gasteiger partial charge in [0.1, 0.15) is 5.82 Å². The third kappa shape index (κ3) is 3.66. The molecule has 0 aliphatic carbocycles. The molecule has 0 heterocycles. The lowest BCUT2D eigenvalue weighted by atomic mass is 9.99. The van der Waals surface area contributed by atoms with Crippen LogP contribution < -0.4 is 5.32 Å². The summed E-state index contributed by atoms with van der Waals surface area (Å²) in [7, 11) is 0. The van der Waals surface area contributed by atoms with Crippen molar-refractivity contribution in [3.63, 3.8) is 0 Å². The van der Waals surface area contributed by atoms with Crippen molar-refractivity contribution in [3.05, 3.63) is 69.5 Å². The molecular formula is C18H19ClFNO. The highest BCUT2D eigenvalue weighted by Gasteiger charge is 2.17. The number of carbonyl (C=O) groups excluding carboxylic acids is 1. The topological polar surface area (TPSA) is 29.1 Å². The largest absolute Gasteiger partial charge is 0.345 e. The summed E-state index contributed by atoms with van der Waals surface area (Å²) in [5.74, 6) is -1.04. The van der Waals surface area contributed by atoms with Crippen molar-refractivity contribution in [2.45, 2.75) is 33.2 Å². The minimum atomic E-state index is -0.611. The van der Waals surface area contributed by atoms with Crippen LogP contribution >= 0.6 is 11.6 Å². The zero-order valence-electron chi connectivity index (χ0n) is 12.9. The predicted molar refractivity (Wildman–Crippen MR) is 87.8 cm³/mol. The monoisotopic (exact) mass is 319 g/mol.